The first kappa shape index (κ1) is 24.5. The van der Waals surface area contributed by atoms with E-state index in [1.165, 1.54) is 29.6 Å². The summed E-state index contributed by atoms with van der Waals surface area (Å²) in [5.41, 5.74) is -6.98. The Hall–Kier alpha value is -3.16. The zero-order valence-corrected chi connectivity index (χ0v) is 18.2. The number of anilines is 1. The fraction of sp³-hybridized carbons (Fsp3) is 0.368. The lowest BCUT2D eigenvalue weighted by Crippen LogP contribution is -2.51. The molecule has 0 bridgehead atoms. The predicted molar refractivity (Wildman–Crippen MR) is 112 cm³/mol. The number of nitrogens with one attached hydrogen (secondary N) is 1. The number of hydrogen-bond acceptors (Lipinski definition) is 4. The average Bonchev–Trinajstić information content (AvgIpc) is 3.12. The van der Waals surface area contributed by atoms with Gasteiger partial charge in [-0.25, -0.2) is 22.9 Å². The van der Waals surface area contributed by atoms with Crippen LogP contribution in [0.4, 0.5) is 32.0 Å². The normalized spacial score (nSPS) is 14.3. The van der Waals surface area contributed by atoms with Crippen LogP contribution < -0.4 is 16.6 Å². The molecule has 0 spiro atoms. The van der Waals surface area contributed by atoms with Gasteiger partial charge in [0.05, 0.1) is 17.9 Å². The van der Waals surface area contributed by atoms with Crippen molar-refractivity contribution in [3.8, 4) is 0 Å². The van der Waals surface area contributed by atoms with Crippen molar-refractivity contribution < 1.29 is 26.3 Å². The molecule has 3 rings (SSSR count). The lowest BCUT2D eigenvalue weighted by atomic mass is 9.89. The van der Waals surface area contributed by atoms with E-state index in [1.807, 2.05) is 0 Å². The van der Waals surface area contributed by atoms with E-state index in [0.29, 0.717) is 12.1 Å². The Morgan fingerprint density at radius 1 is 1.03 bits per heavy atom. The average molecular weight is 493 g/mol. The molecule has 0 radical (unpaired) electrons. The molecule has 33 heavy (non-hydrogen) atoms. The Morgan fingerprint density at radius 2 is 1.61 bits per heavy atom. The molecule has 2 aromatic heterocycles. The standard InChI is InChI=1S/C19H17F6N5O2S/c1-17(20,21)18(22,19(23,24)25)10-4-6-11(7-5-10)27-12(33)8-30-9-26-14-13(30)15(31)29(3)16(32)28(14)2/h4-7,9H,8H2,1-3H3,(H,27,33). The van der Waals surface area contributed by atoms with Gasteiger partial charge in [-0.3, -0.25) is 13.9 Å². The highest BCUT2D eigenvalue weighted by molar-refractivity contribution is 7.80. The van der Waals surface area contributed by atoms with Gasteiger partial charge < -0.3 is 9.88 Å². The number of nitrogens with zero attached hydrogens (tertiary/aromatic N) is 4. The summed E-state index contributed by atoms with van der Waals surface area (Å²) in [6.45, 7) is -0.235. The molecule has 178 valence electrons. The van der Waals surface area contributed by atoms with Crippen LogP contribution in [0.5, 0.6) is 0 Å². The van der Waals surface area contributed by atoms with Crippen LogP contribution in [0, 0.1) is 0 Å². The smallest absolute Gasteiger partial charge is 0.349 e. The van der Waals surface area contributed by atoms with Crippen LogP contribution in [0.3, 0.4) is 0 Å². The molecule has 1 atom stereocenters. The van der Waals surface area contributed by atoms with Crippen molar-refractivity contribution in [1.82, 2.24) is 18.7 Å². The van der Waals surface area contributed by atoms with Crippen molar-refractivity contribution in [2.24, 2.45) is 14.1 Å². The molecular weight excluding hydrogens is 476 g/mol. The van der Waals surface area contributed by atoms with Gasteiger partial charge in [-0.2, -0.15) is 13.2 Å². The molecule has 0 amide bonds. The van der Waals surface area contributed by atoms with Crippen LogP contribution in [-0.4, -0.2) is 35.8 Å². The summed E-state index contributed by atoms with van der Waals surface area (Å²) in [5.74, 6) is -4.72. The molecular formula is C19H17F6N5O2S. The van der Waals surface area contributed by atoms with Crippen LogP contribution in [0.15, 0.2) is 40.2 Å². The highest BCUT2D eigenvalue weighted by Gasteiger charge is 2.69. The van der Waals surface area contributed by atoms with Gasteiger partial charge in [-0.05, 0) is 12.1 Å². The second kappa shape index (κ2) is 8.01. The van der Waals surface area contributed by atoms with Crippen molar-refractivity contribution in [2.45, 2.75) is 31.2 Å². The fourth-order valence-electron chi connectivity index (χ4n) is 3.32. The van der Waals surface area contributed by atoms with Crippen LogP contribution in [-0.2, 0) is 26.3 Å². The van der Waals surface area contributed by atoms with E-state index in [-0.39, 0.29) is 35.3 Å². The molecule has 14 heteroatoms. The maximum Gasteiger partial charge on any atom is 0.432 e. The molecule has 0 aliphatic carbocycles. The van der Waals surface area contributed by atoms with E-state index in [0.717, 1.165) is 16.7 Å². The molecule has 3 aromatic rings. The molecule has 0 saturated heterocycles. The Kier molecular flexibility index (Phi) is 5.94. The zero-order valence-electron chi connectivity index (χ0n) is 17.4. The number of alkyl halides is 6. The van der Waals surface area contributed by atoms with E-state index < -0.39 is 34.6 Å². The first-order chi connectivity index (χ1) is 15.1. The maximum atomic E-state index is 14.5. The van der Waals surface area contributed by atoms with Gasteiger partial charge in [-0.15, -0.1) is 0 Å². The van der Waals surface area contributed by atoms with Crippen LogP contribution in [0.25, 0.3) is 11.2 Å². The summed E-state index contributed by atoms with van der Waals surface area (Å²) in [4.78, 5) is 28.6. The van der Waals surface area contributed by atoms with Crippen molar-refractivity contribution in [3.63, 3.8) is 0 Å². The Morgan fingerprint density at radius 3 is 2.12 bits per heavy atom. The first-order valence-corrected chi connectivity index (χ1v) is 9.65. The number of benzene rings is 1. The number of aryl methyl sites for hydroxylation is 1. The third-order valence-corrected chi connectivity index (χ3v) is 5.32. The largest absolute Gasteiger partial charge is 0.432 e. The van der Waals surface area contributed by atoms with E-state index in [9.17, 15) is 35.9 Å². The quantitative estimate of drug-likeness (QED) is 0.437. The maximum absolute atomic E-state index is 14.5. The van der Waals surface area contributed by atoms with Gasteiger partial charge in [0.25, 0.3) is 17.2 Å². The van der Waals surface area contributed by atoms with Gasteiger partial charge in [-0.1, -0.05) is 24.4 Å². The third kappa shape index (κ3) is 4.03. The van der Waals surface area contributed by atoms with Gasteiger partial charge in [0.1, 0.15) is 0 Å². The number of halogens is 6. The minimum Gasteiger partial charge on any atom is -0.349 e. The SMILES string of the molecule is Cn1c(=O)c2c(ncn2CC(=S)Nc2ccc(C(F)(C(C)(F)F)C(F)(F)F)cc2)n(C)c1=O. The van der Waals surface area contributed by atoms with Gasteiger partial charge in [0.2, 0.25) is 0 Å². The summed E-state index contributed by atoms with van der Waals surface area (Å²) in [7, 11) is 2.73. The van der Waals surface area contributed by atoms with Gasteiger partial charge in [0, 0.05) is 32.3 Å². The van der Waals surface area contributed by atoms with Crippen LogP contribution in [0.1, 0.15) is 12.5 Å². The van der Waals surface area contributed by atoms with E-state index in [2.05, 4.69) is 10.3 Å². The lowest BCUT2D eigenvalue weighted by molar-refractivity contribution is -0.304. The Balaban J connectivity index is 1.86. The van der Waals surface area contributed by atoms with Crippen LogP contribution in [0.2, 0.25) is 0 Å². The van der Waals surface area contributed by atoms with Crippen molar-refractivity contribution in [2.75, 3.05) is 5.32 Å². The minimum absolute atomic E-state index is 0.0844. The summed E-state index contributed by atoms with van der Waals surface area (Å²) in [6, 6.07) is 3.13. The van der Waals surface area contributed by atoms with Crippen LogP contribution >= 0.6 is 12.2 Å². The highest BCUT2D eigenvalue weighted by Crippen LogP contribution is 2.52. The fourth-order valence-corrected chi connectivity index (χ4v) is 3.58. The van der Waals surface area contributed by atoms with Gasteiger partial charge in [0.15, 0.2) is 11.2 Å². The lowest BCUT2D eigenvalue weighted by Gasteiger charge is -2.33. The molecule has 0 fully saturated rings. The number of hydrogen-bond donors (Lipinski definition) is 1. The highest BCUT2D eigenvalue weighted by atomic mass is 32.1. The zero-order chi connectivity index (χ0) is 24.9. The number of imidazole rings is 1. The molecule has 0 aliphatic rings. The van der Waals surface area contributed by atoms with Crippen molar-refractivity contribution in [1.29, 1.82) is 0 Å². The molecule has 1 aromatic carbocycles. The third-order valence-electron chi connectivity index (χ3n) is 5.09. The molecule has 0 saturated carbocycles. The number of fused-ring (bicyclic) bond motifs is 1. The summed E-state index contributed by atoms with van der Waals surface area (Å²) in [5, 5.41) is 2.68. The Labute approximate surface area is 187 Å². The number of aromatic nitrogens is 4. The molecule has 0 aliphatic heterocycles. The number of thiocarbonyl (C=S) groups is 1. The monoisotopic (exact) mass is 493 g/mol. The van der Waals surface area contributed by atoms with E-state index in [4.69, 9.17) is 12.2 Å². The Bertz CT molecular complexity index is 1320. The summed E-state index contributed by atoms with van der Waals surface area (Å²) in [6.07, 6.45) is -4.56. The van der Waals surface area contributed by atoms with Crippen molar-refractivity contribution >= 4 is 34.1 Å². The number of rotatable bonds is 5. The molecule has 7 nitrogen and oxygen atoms in total. The molecule has 2 heterocycles. The molecule has 1 unspecified atom stereocenters. The molecule has 1 N–H and O–H groups in total. The summed E-state index contributed by atoms with van der Waals surface area (Å²) < 4.78 is 84.3. The topological polar surface area (TPSA) is 73.8 Å². The van der Waals surface area contributed by atoms with E-state index >= 15 is 0 Å². The predicted octanol–water partition coefficient (Wildman–Crippen LogP) is 3.26. The van der Waals surface area contributed by atoms with Gasteiger partial charge >= 0.3 is 11.9 Å². The second-order valence-electron chi connectivity index (χ2n) is 7.42. The summed E-state index contributed by atoms with van der Waals surface area (Å²) >= 11 is 5.20. The first-order valence-electron chi connectivity index (χ1n) is 9.24. The second-order valence-corrected chi connectivity index (χ2v) is 7.91. The van der Waals surface area contributed by atoms with E-state index in [1.54, 1.807) is 0 Å². The van der Waals surface area contributed by atoms with Crippen molar-refractivity contribution in [3.05, 3.63) is 57.0 Å². The minimum atomic E-state index is -5.84.